The fourth-order valence-electron chi connectivity index (χ4n) is 9.30. The first-order chi connectivity index (χ1) is 31.2. The van der Waals surface area contributed by atoms with E-state index in [-0.39, 0.29) is 0 Å². The molecule has 2 heterocycles. The van der Waals surface area contributed by atoms with Crippen LogP contribution in [0.5, 0.6) is 0 Å². The van der Waals surface area contributed by atoms with Gasteiger partial charge in [0.15, 0.2) is 0 Å². The van der Waals surface area contributed by atoms with E-state index < -0.39 is 0 Å². The Kier molecular flexibility index (Phi) is 8.83. The van der Waals surface area contributed by atoms with Gasteiger partial charge >= 0.3 is 0 Å². The fourth-order valence-corrected chi connectivity index (χ4v) is 9.30. The molecule has 0 spiro atoms. The minimum atomic E-state index is 0.880. The second-order valence-corrected chi connectivity index (χ2v) is 16.2. The van der Waals surface area contributed by atoms with Crippen LogP contribution in [-0.4, -0.2) is 4.57 Å². The van der Waals surface area contributed by atoms with Crippen molar-refractivity contribution in [3.63, 3.8) is 0 Å². The average Bonchev–Trinajstić information content (AvgIpc) is 3.90. The predicted molar refractivity (Wildman–Crippen MR) is 264 cm³/mol. The predicted octanol–water partition coefficient (Wildman–Crippen LogP) is 16.8. The van der Waals surface area contributed by atoms with Crippen molar-refractivity contribution in [1.82, 2.24) is 4.57 Å². The third-order valence-corrected chi connectivity index (χ3v) is 12.4. The van der Waals surface area contributed by atoms with Crippen LogP contribution in [0.4, 0.5) is 17.1 Å². The van der Waals surface area contributed by atoms with Crippen molar-refractivity contribution < 1.29 is 4.42 Å². The Morgan fingerprint density at radius 2 is 0.698 bits per heavy atom. The van der Waals surface area contributed by atoms with Crippen LogP contribution in [0.1, 0.15) is 0 Å². The summed E-state index contributed by atoms with van der Waals surface area (Å²) >= 11 is 0. The van der Waals surface area contributed by atoms with Gasteiger partial charge in [0.05, 0.1) is 11.0 Å². The highest BCUT2D eigenvalue weighted by molar-refractivity contribution is 6.11. The first-order valence-corrected chi connectivity index (χ1v) is 21.5. The van der Waals surface area contributed by atoms with Crippen LogP contribution in [0, 0.1) is 0 Å². The fraction of sp³-hybridized carbons (Fsp3) is 0. The number of para-hydroxylation sites is 2. The lowest BCUT2D eigenvalue weighted by Gasteiger charge is -2.26. The van der Waals surface area contributed by atoms with E-state index in [1.807, 2.05) is 0 Å². The Hall–Kier alpha value is -8.40. The zero-order chi connectivity index (χ0) is 41.7. The Morgan fingerprint density at radius 3 is 1.29 bits per heavy atom. The smallest absolute Gasteiger partial charge is 0.135 e. The normalized spacial score (nSPS) is 11.5. The molecule has 63 heavy (non-hydrogen) atoms. The zero-order valence-corrected chi connectivity index (χ0v) is 34.4. The Morgan fingerprint density at radius 1 is 0.270 bits per heavy atom. The van der Waals surface area contributed by atoms with Gasteiger partial charge in [-0.15, -0.1) is 0 Å². The van der Waals surface area contributed by atoms with Gasteiger partial charge in [0.25, 0.3) is 0 Å². The van der Waals surface area contributed by atoms with Gasteiger partial charge in [-0.1, -0.05) is 158 Å². The molecule has 0 bridgehead atoms. The van der Waals surface area contributed by atoms with Crippen LogP contribution in [-0.2, 0) is 0 Å². The van der Waals surface area contributed by atoms with Gasteiger partial charge in [0, 0.05) is 44.3 Å². The summed E-state index contributed by atoms with van der Waals surface area (Å²) < 4.78 is 8.80. The van der Waals surface area contributed by atoms with Gasteiger partial charge in [-0.05, 0) is 129 Å². The molecule has 12 aromatic rings. The summed E-state index contributed by atoms with van der Waals surface area (Å²) in [6, 6.07) is 87.1. The molecule has 0 aliphatic heterocycles. The van der Waals surface area contributed by atoms with Crippen molar-refractivity contribution in [3.8, 4) is 50.2 Å². The van der Waals surface area contributed by atoms with E-state index in [4.69, 9.17) is 4.42 Å². The number of anilines is 3. The van der Waals surface area contributed by atoms with Gasteiger partial charge in [0.1, 0.15) is 11.2 Å². The first-order valence-electron chi connectivity index (χ1n) is 21.5. The van der Waals surface area contributed by atoms with Gasteiger partial charge in [0.2, 0.25) is 0 Å². The number of fused-ring (bicyclic) bond motifs is 6. The van der Waals surface area contributed by atoms with E-state index in [1.54, 1.807) is 0 Å². The molecule has 3 heteroatoms. The molecule has 296 valence electrons. The van der Waals surface area contributed by atoms with E-state index in [0.29, 0.717) is 0 Å². The summed E-state index contributed by atoms with van der Waals surface area (Å²) in [4.78, 5) is 2.35. The van der Waals surface area contributed by atoms with Crippen molar-refractivity contribution in [3.05, 3.63) is 243 Å². The number of hydrogen-bond donors (Lipinski definition) is 0. The molecule has 0 fully saturated rings. The number of hydrogen-bond acceptors (Lipinski definition) is 2. The molecule has 0 atom stereocenters. The van der Waals surface area contributed by atoms with E-state index in [0.717, 1.165) is 66.9 Å². The second-order valence-electron chi connectivity index (χ2n) is 16.2. The molecule has 10 aromatic carbocycles. The molecule has 0 unspecified atom stereocenters. The minimum Gasteiger partial charge on any atom is -0.456 e. The molecule has 0 amide bonds. The van der Waals surface area contributed by atoms with Crippen molar-refractivity contribution in [2.45, 2.75) is 0 Å². The Bertz CT molecular complexity index is 3470. The topological polar surface area (TPSA) is 21.3 Å². The third kappa shape index (κ3) is 6.55. The molecule has 0 aliphatic rings. The zero-order valence-electron chi connectivity index (χ0n) is 34.4. The summed E-state index contributed by atoms with van der Waals surface area (Å²) in [5, 5.41) is 4.70. The number of benzene rings is 10. The second kappa shape index (κ2) is 15.3. The van der Waals surface area contributed by atoms with Crippen molar-refractivity contribution in [2.24, 2.45) is 0 Å². The molecule has 12 rings (SSSR count). The largest absolute Gasteiger partial charge is 0.456 e. The van der Waals surface area contributed by atoms with Crippen LogP contribution in [0.25, 0.3) is 93.9 Å². The lowest BCUT2D eigenvalue weighted by molar-refractivity contribution is 0.669. The SMILES string of the molecule is c1ccc(-c2ccc(N(c3ccc(-c4ccccc4)cc3)c3cccc(-c4cccc(-c5ccc6oc7ccc(-n8c9ccccc9c9ccccc98)cc7c6c5)c4)c3)cc2)cc1. The number of furan rings is 1. The van der Waals surface area contributed by atoms with Crippen LogP contribution in [0.15, 0.2) is 247 Å². The third-order valence-electron chi connectivity index (χ3n) is 12.4. The molecular weight excluding hydrogens is 765 g/mol. The summed E-state index contributed by atoms with van der Waals surface area (Å²) in [7, 11) is 0. The summed E-state index contributed by atoms with van der Waals surface area (Å²) in [6.45, 7) is 0. The Labute approximate surface area is 366 Å². The van der Waals surface area contributed by atoms with Crippen LogP contribution < -0.4 is 4.90 Å². The summed E-state index contributed by atoms with van der Waals surface area (Å²) in [5.74, 6) is 0. The molecular formula is C60H40N2O. The lowest BCUT2D eigenvalue weighted by atomic mass is 9.97. The molecule has 0 N–H and O–H groups in total. The van der Waals surface area contributed by atoms with E-state index in [2.05, 4.69) is 252 Å². The van der Waals surface area contributed by atoms with Crippen LogP contribution in [0.2, 0.25) is 0 Å². The molecule has 0 aliphatic carbocycles. The highest BCUT2D eigenvalue weighted by Gasteiger charge is 2.17. The maximum atomic E-state index is 6.44. The quantitative estimate of drug-likeness (QED) is 0.153. The molecule has 0 radical (unpaired) electrons. The van der Waals surface area contributed by atoms with E-state index >= 15 is 0 Å². The van der Waals surface area contributed by atoms with Gasteiger partial charge < -0.3 is 13.9 Å². The van der Waals surface area contributed by atoms with Crippen molar-refractivity contribution >= 4 is 60.8 Å². The highest BCUT2D eigenvalue weighted by atomic mass is 16.3. The Balaban J connectivity index is 0.914. The van der Waals surface area contributed by atoms with Crippen molar-refractivity contribution in [1.29, 1.82) is 0 Å². The first kappa shape index (κ1) is 36.5. The van der Waals surface area contributed by atoms with Crippen LogP contribution >= 0.6 is 0 Å². The van der Waals surface area contributed by atoms with E-state index in [9.17, 15) is 0 Å². The summed E-state index contributed by atoms with van der Waals surface area (Å²) in [5.41, 5.74) is 17.9. The van der Waals surface area contributed by atoms with Crippen molar-refractivity contribution in [2.75, 3.05) is 4.90 Å². The lowest BCUT2D eigenvalue weighted by Crippen LogP contribution is -2.10. The van der Waals surface area contributed by atoms with Gasteiger partial charge in [-0.3, -0.25) is 0 Å². The summed E-state index contributed by atoms with van der Waals surface area (Å²) in [6.07, 6.45) is 0. The molecule has 3 nitrogen and oxygen atoms in total. The van der Waals surface area contributed by atoms with Crippen LogP contribution in [0.3, 0.4) is 0 Å². The average molecular weight is 805 g/mol. The highest BCUT2D eigenvalue weighted by Crippen LogP contribution is 2.40. The molecule has 0 saturated carbocycles. The standard InChI is InChI=1S/C60H40N2O/c1-3-13-41(14-4-1)43-25-30-49(31-26-43)61(50-32-27-44(28-33-50)42-15-5-2-6-16-42)51-20-12-19-47(38-51)45-17-11-18-46(37-45)48-29-35-59-55(39-48)56-40-52(34-36-60(56)63-59)62-57-23-9-7-21-53(57)54-22-8-10-24-58(54)62/h1-40H. The minimum absolute atomic E-state index is 0.880. The maximum Gasteiger partial charge on any atom is 0.135 e. The number of rotatable bonds is 8. The number of nitrogens with zero attached hydrogens (tertiary/aromatic N) is 2. The van der Waals surface area contributed by atoms with Gasteiger partial charge in [-0.25, -0.2) is 0 Å². The molecule has 0 saturated heterocycles. The molecule has 2 aromatic heterocycles. The maximum absolute atomic E-state index is 6.44. The monoisotopic (exact) mass is 804 g/mol. The number of aromatic nitrogens is 1. The van der Waals surface area contributed by atoms with Gasteiger partial charge in [-0.2, -0.15) is 0 Å². The van der Waals surface area contributed by atoms with E-state index in [1.165, 1.54) is 44.1 Å².